The first-order valence-corrected chi connectivity index (χ1v) is 12.6. The van der Waals surface area contributed by atoms with Crippen molar-refractivity contribution in [3.63, 3.8) is 0 Å². The minimum absolute atomic E-state index is 0.0925. The number of allylic oxidation sites excluding steroid dienone is 4. The van der Waals surface area contributed by atoms with Gasteiger partial charge in [0.1, 0.15) is 0 Å². The Hall–Kier alpha value is -2.08. The van der Waals surface area contributed by atoms with E-state index in [0.29, 0.717) is 24.7 Å². The van der Waals surface area contributed by atoms with E-state index in [2.05, 4.69) is 10.8 Å². The average molecular weight is 432 g/mol. The molecule has 3 aliphatic rings. The normalized spacial score (nSPS) is 21.4. The van der Waals surface area contributed by atoms with E-state index in [-0.39, 0.29) is 12.2 Å². The van der Waals surface area contributed by atoms with Crippen LogP contribution >= 0.6 is 0 Å². The quantitative estimate of drug-likeness (QED) is 0.392. The zero-order valence-corrected chi connectivity index (χ0v) is 18.6. The molecule has 3 aliphatic carbocycles. The van der Waals surface area contributed by atoms with Crippen molar-refractivity contribution in [2.24, 2.45) is 11.8 Å². The smallest absolute Gasteiger partial charge is 0.303 e. The van der Waals surface area contributed by atoms with Crippen LogP contribution in [-0.2, 0) is 21.2 Å². The van der Waals surface area contributed by atoms with Gasteiger partial charge in [-0.05, 0) is 81.3 Å². The lowest BCUT2D eigenvalue weighted by Gasteiger charge is -2.40. The third kappa shape index (κ3) is 6.46. The van der Waals surface area contributed by atoms with E-state index in [1.165, 1.54) is 11.1 Å². The predicted molar refractivity (Wildman–Crippen MR) is 120 cm³/mol. The van der Waals surface area contributed by atoms with Crippen molar-refractivity contribution >= 4 is 16.0 Å². The molecule has 0 aromatic heterocycles. The summed E-state index contributed by atoms with van der Waals surface area (Å²) in [5.41, 5.74) is 4.39. The summed E-state index contributed by atoms with van der Waals surface area (Å²) in [6.07, 6.45) is 11.3. The third-order valence-electron chi connectivity index (χ3n) is 6.29. The fourth-order valence-corrected chi connectivity index (χ4v) is 5.80. The van der Waals surface area contributed by atoms with Gasteiger partial charge in [0.2, 0.25) is 10.0 Å². The molecule has 0 atom stereocenters. The molecule has 5 nitrogen and oxygen atoms in total. The number of nitrogens with one attached hydrogen (secondary N) is 1. The van der Waals surface area contributed by atoms with Crippen LogP contribution < -0.4 is 4.72 Å². The van der Waals surface area contributed by atoms with Gasteiger partial charge in [-0.15, -0.1) is 0 Å². The molecular formula is C24H33NO4S. The molecule has 0 spiro atoms. The maximum absolute atomic E-state index is 12.8. The second-order valence-electron chi connectivity index (χ2n) is 8.61. The van der Waals surface area contributed by atoms with Gasteiger partial charge >= 0.3 is 5.97 Å². The summed E-state index contributed by atoms with van der Waals surface area (Å²) in [6, 6.07) is 8.01. The molecular weight excluding hydrogens is 398 g/mol. The van der Waals surface area contributed by atoms with Crippen molar-refractivity contribution < 1.29 is 18.3 Å². The number of hydrogen-bond acceptors (Lipinski definition) is 3. The SMILES string of the molecule is Cc1ccc(CCS(=O)(=O)NC2=C(CC=CCCCC(=O)O)C3CCC2CC3)cc1. The summed E-state index contributed by atoms with van der Waals surface area (Å²) < 4.78 is 28.6. The van der Waals surface area contributed by atoms with Crippen molar-refractivity contribution in [2.75, 3.05) is 5.75 Å². The number of carboxylic acids is 1. The Kier molecular flexibility index (Phi) is 7.75. The van der Waals surface area contributed by atoms with E-state index in [4.69, 9.17) is 5.11 Å². The summed E-state index contributed by atoms with van der Waals surface area (Å²) >= 11 is 0. The highest BCUT2D eigenvalue weighted by Gasteiger charge is 2.36. The number of carbonyl (C=O) groups is 1. The standard InChI is InChI=1S/C24H33NO4S/c1-18-8-10-19(11-9-18)16-17-30(28,29)25-24-21-14-12-20(13-15-21)22(24)6-4-2-3-5-7-23(26)27/h2,4,8-11,20-21,25H,3,5-7,12-17H2,1H3,(H,26,27). The Balaban J connectivity index is 1.63. The number of benzene rings is 1. The lowest BCUT2D eigenvalue weighted by molar-refractivity contribution is -0.137. The van der Waals surface area contributed by atoms with Crippen LogP contribution in [0.15, 0.2) is 47.7 Å². The minimum Gasteiger partial charge on any atom is -0.481 e. The van der Waals surface area contributed by atoms with E-state index < -0.39 is 16.0 Å². The number of rotatable bonds is 11. The van der Waals surface area contributed by atoms with Crippen LogP contribution in [0.4, 0.5) is 0 Å². The first-order valence-electron chi connectivity index (χ1n) is 11.0. The Bertz CT molecular complexity index is 892. The maximum atomic E-state index is 12.8. The van der Waals surface area contributed by atoms with Crippen LogP contribution in [-0.4, -0.2) is 25.2 Å². The molecule has 0 saturated heterocycles. The molecule has 0 aliphatic heterocycles. The molecule has 4 rings (SSSR count). The third-order valence-corrected chi connectivity index (χ3v) is 7.56. The van der Waals surface area contributed by atoms with Crippen LogP contribution in [0.3, 0.4) is 0 Å². The van der Waals surface area contributed by atoms with Gasteiger partial charge in [0.05, 0.1) is 5.75 Å². The number of hydrogen-bond donors (Lipinski definition) is 2. The Labute approximate surface area is 180 Å². The summed E-state index contributed by atoms with van der Waals surface area (Å²) in [5.74, 6) is 0.112. The van der Waals surface area contributed by atoms with Crippen molar-refractivity contribution in [1.29, 1.82) is 0 Å². The van der Waals surface area contributed by atoms with Crippen molar-refractivity contribution in [3.8, 4) is 0 Å². The van der Waals surface area contributed by atoms with Crippen LogP contribution in [0.25, 0.3) is 0 Å². The van der Waals surface area contributed by atoms with Gasteiger partial charge in [-0.1, -0.05) is 42.0 Å². The topological polar surface area (TPSA) is 83.5 Å². The fourth-order valence-electron chi connectivity index (χ4n) is 4.56. The van der Waals surface area contributed by atoms with Crippen molar-refractivity contribution in [2.45, 2.75) is 64.7 Å². The van der Waals surface area contributed by atoms with E-state index in [9.17, 15) is 13.2 Å². The fraction of sp³-hybridized carbons (Fsp3) is 0.542. The molecule has 0 radical (unpaired) electrons. The summed E-state index contributed by atoms with van der Waals surface area (Å²) in [4.78, 5) is 10.6. The molecule has 0 amide bonds. The van der Waals surface area contributed by atoms with Crippen molar-refractivity contribution in [3.05, 3.63) is 58.8 Å². The number of sulfonamides is 1. The number of unbranched alkanes of at least 4 members (excludes halogenated alkanes) is 1. The molecule has 2 bridgehead atoms. The monoisotopic (exact) mass is 431 g/mol. The molecule has 1 aromatic carbocycles. The zero-order valence-electron chi connectivity index (χ0n) is 17.8. The van der Waals surface area contributed by atoms with Gasteiger partial charge in [-0.3, -0.25) is 9.52 Å². The van der Waals surface area contributed by atoms with E-state index >= 15 is 0 Å². The first-order chi connectivity index (χ1) is 14.3. The average Bonchev–Trinajstić information content (AvgIpc) is 2.71. The second kappa shape index (κ2) is 10.3. The number of fused-ring (bicyclic) bond motifs is 2. The predicted octanol–water partition coefficient (Wildman–Crippen LogP) is 4.73. The molecule has 0 heterocycles. The lowest BCUT2D eigenvalue weighted by Crippen LogP contribution is -2.37. The molecule has 2 N–H and O–H groups in total. The van der Waals surface area contributed by atoms with E-state index in [1.807, 2.05) is 37.3 Å². The van der Waals surface area contributed by atoms with Crippen LogP contribution in [0, 0.1) is 18.8 Å². The number of carboxylic acid groups (broad SMARTS) is 1. The molecule has 164 valence electrons. The number of aliphatic carboxylic acids is 1. The highest BCUT2D eigenvalue weighted by molar-refractivity contribution is 7.89. The van der Waals surface area contributed by atoms with Crippen LogP contribution in [0.1, 0.15) is 62.5 Å². The molecule has 30 heavy (non-hydrogen) atoms. The van der Waals surface area contributed by atoms with Gasteiger partial charge in [-0.2, -0.15) is 0 Å². The van der Waals surface area contributed by atoms with E-state index in [0.717, 1.165) is 49.8 Å². The van der Waals surface area contributed by atoms with Crippen molar-refractivity contribution in [1.82, 2.24) is 4.72 Å². The largest absolute Gasteiger partial charge is 0.481 e. The second-order valence-corrected chi connectivity index (χ2v) is 10.4. The molecule has 0 unspecified atom stereocenters. The van der Waals surface area contributed by atoms with Gasteiger partial charge in [-0.25, -0.2) is 8.42 Å². The Morgan fingerprint density at radius 3 is 2.43 bits per heavy atom. The lowest BCUT2D eigenvalue weighted by atomic mass is 9.69. The maximum Gasteiger partial charge on any atom is 0.303 e. The summed E-state index contributed by atoms with van der Waals surface area (Å²) in [5, 5.41) is 8.72. The Morgan fingerprint density at radius 1 is 1.10 bits per heavy atom. The van der Waals surface area contributed by atoms with Gasteiger partial charge in [0.15, 0.2) is 0 Å². The van der Waals surface area contributed by atoms with E-state index in [1.54, 1.807) is 0 Å². The van der Waals surface area contributed by atoms with Crippen LogP contribution in [0.2, 0.25) is 0 Å². The molecule has 6 heteroatoms. The minimum atomic E-state index is -3.39. The van der Waals surface area contributed by atoms with Gasteiger partial charge < -0.3 is 5.11 Å². The molecule has 1 aromatic rings. The molecule has 1 saturated carbocycles. The summed E-state index contributed by atoms with van der Waals surface area (Å²) in [6.45, 7) is 2.02. The highest BCUT2D eigenvalue weighted by Crippen LogP contribution is 2.45. The van der Waals surface area contributed by atoms with Crippen LogP contribution in [0.5, 0.6) is 0 Å². The highest BCUT2D eigenvalue weighted by atomic mass is 32.2. The molecule has 1 fully saturated rings. The first kappa shape index (κ1) is 22.6. The summed E-state index contributed by atoms with van der Waals surface area (Å²) in [7, 11) is -3.39. The Morgan fingerprint density at radius 2 is 1.77 bits per heavy atom. The van der Waals surface area contributed by atoms with Gasteiger partial charge in [0, 0.05) is 12.1 Å². The zero-order chi connectivity index (χ0) is 21.6. The van der Waals surface area contributed by atoms with Gasteiger partial charge in [0.25, 0.3) is 0 Å². The number of aryl methyl sites for hydroxylation is 2.